The second-order valence-electron chi connectivity index (χ2n) is 5.92. The van der Waals surface area contributed by atoms with Crippen molar-refractivity contribution in [1.29, 1.82) is 0 Å². The minimum Gasteiger partial charge on any atom is -0.392 e. The topological polar surface area (TPSA) is 49.5 Å². The maximum absolute atomic E-state index is 9.55. The van der Waals surface area contributed by atoms with Gasteiger partial charge in [-0.15, -0.1) is 0 Å². The Bertz CT molecular complexity index is 194. The third-order valence-electron chi connectivity index (χ3n) is 3.61. The molecule has 0 aromatic carbocycles. The largest absolute Gasteiger partial charge is 0.392 e. The molecule has 3 heteroatoms. The second-order valence-corrected chi connectivity index (χ2v) is 5.92. The van der Waals surface area contributed by atoms with Gasteiger partial charge in [0.05, 0.1) is 6.10 Å². The van der Waals surface area contributed by atoms with Gasteiger partial charge in [-0.05, 0) is 50.7 Å². The molecular formula is C13H28N2O. The highest BCUT2D eigenvalue weighted by Crippen LogP contribution is 2.21. The predicted octanol–water partition coefficient (Wildman–Crippen LogP) is 1.60. The predicted molar refractivity (Wildman–Crippen MR) is 68.4 cm³/mol. The van der Waals surface area contributed by atoms with Crippen molar-refractivity contribution in [2.24, 2.45) is 11.1 Å². The SMILES string of the molecule is CC(C)(CN)CCCCN1CCCC(O)C1. The van der Waals surface area contributed by atoms with Gasteiger partial charge < -0.3 is 15.7 Å². The van der Waals surface area contributed by atoms with Crippen LogP contribution in [0, 0.1) is 5.41 Å². The smallest absolute Gasteiger partial charge is 0.0667 e. The zero-order chi connectivity index (χ0) is 12.0. The van der Waals surface area contributed by atoms with Gasteiger partial charge in [0.2, 0.25) is 0 Å². The number of β-amino-alcohol motifs (C(OH)–C–C–N with tert-alkyl or cyclic N) is 1. The van der Waals surface area contributed by atoms with Gasteiger partial charge in [0.25, 0.3) is 0 Å². The van der Waals surface area contributed by atoms with Crippen LogP contribution in [-0.2, 0) is 0 Å². The molecule has 0 amide bonds. The minimum atomic E-state index is -0.0887. The van der Waals surface area contributed by atoms with Gasteiger partial charge in [-0.1, -0.05) is 20.3 Å². The highest BCUT2D eigenvalue weighted by Gasteiger charge is 2.18. The molecule has 3 nitrogen and oxygen atoms in total. The molecule has 0 bridgehead atoms. The first kappa shape index (κ1) is 13.9. The summed E-state index contributed by atoms with van der Waals surface area (Å²) < 4.78 is 0. The van der Waals surface area contributed by atoms with E-state index in [4.69, 9.17) is 5.73 Å². The number of aliphatic hydroxyl groups is 1. The molecule has 3 N–H and O–H groups in total. The van der Waals surface area contributed by atoms with Crippen molar-refractivity contribution in [2.75, 3.05) is 26.2 Å². The minimum absolute atomic E-state index is 0.0887. The molecule has 16 heavy (non-hydrogen) atoms. The van der Waals surface area contributed by atoms with Crippen molar-refractivity contribution < 1.29 is 5.11 Å². The van der Waals surface area contributed by atoms with E-state index in [9.17, 15) is 5.11 Å². The Balaban J connectivity index is 2.06. The molecule has 1 fully saturated rings. The number of hydrogen-bond donors (Lipinski definition) is 2. The molecule has 1 unspecified atom stereocenters. The molecule has 1 rings (SSSR count). The first-order valence-corrected chi connectivity index (χ1v) is 6.64. The van der Waals surface area contributed by atoms with E-state index < -0.39 is 0 Å². The van der Waals surface area contributed by atoms with Gasteiger partial charge >= 0.3 is 0 Å². The van der Waals surface area contributed by atoms with E-state index in [1.54, 1.807) is 0 Å². The van der Waals surface area contributed by atoms with Crippen molar-refractivity contribution in [2.45, 2.75) is 52.1 Å². The summed E-state index contributed by atoms with van der Waals surface area (Å²) in [5.74, 6) is 0. The fraction of sp³-hybridized carbons (Fsp3) is 1.00. The average molecular weight is 228 g/mol. The molecule has 0 spiro atoms. The third kappa shape index (κ3) is 5.28. The van der Waals surface area contributed by atoms with E-state index in [2.05, 4.69) is 18.7 Å². The standard InChI is InChI=1S/C13H28N2O/c1-13(2,11-14)7-3-4-8-15-9-5-6-12(16)10-15/h12,16H,3-11,14H2,1-2H3. The Kier molecular flexibility index (Phi) is 5.73. The van der Waals surface area contributed by atoms with Crippen LogP contribution in [0.4, 0.5) is 0 Å². The fourth-order valence-corrected chi connectivity index (χ4v) is 2.28. The lowest BCUT2D eigenvalue weighted by Crippen LogP contribution is -2.38. The van der Waals surface area contributed by atoms with Crippen LogP contribution in [0.25, 0.3) is 0 Å². The monoisotopic (exact) mass is 228 g/mol. The van der Waals surface area contributed by atoms with E-state index in [1.165, 1.54) is 19.3 Å². The average Bonchev–Trinajstić information content (AvgIpc) is 2.25. The highest BCUT2D eigenvalue weighted by molar-refractivity contribution is 4.73. The normalized spacial score (nSPS) is 23.6. The number of aliphatic hydroxyl groups excluding tert-OH is 1. The molecule has 0 radical (unpaired) electrons. The Morgan fingerprint density at radius 3 is 2.75 bits per heavy atom. The number of hydrogen-bond acceptors (Lipinski definition) is 3. The van der Waals surface area contributed by atoms with Crippen LogP contribution in [0.1, 0.15) is 46.0 Å². The van der Waals surface area contributed by atoms with E-state index >= 15 is 0 Å². The first-order valence-electron chi connectivity index (χ1n) is 6.64. The van der Waals surface area contributed by atoms with Gasteiger partial charge in [-0.3, -0.25) is 0 Å². The van der Waals surface area contributed by atoms with Gasteiger partial charge in [0.1, 0.15) is 0 Å². The van der Waals surface area contributed by atoms with Gasteiger partial charge in [0, 0.05) is 6.54 Å². The highest BCUT2D eigenvalue weighted by atomic mass is 16.3. The van der Waals surface area contributed by atoms with E-state index in [1.807, 2.05) is 0 Å². The van der Waals surface area contributed by atoms with Crippen molar-refractivity contribution in [3.8, 4) is 0 Å². The number of likely N-dealkylation sites (tertiary alicyclic amines) is 1. The maximum atomic E-state index is 9.55. The van der Waals surface area contributed by atoms with Crippen molar-refractivity contribution in [3.63, 3.8) is 0 Å². The lowest BCUT2D eigenvalue weighted by atomic mass is 9.87. The third-order valence-corrected chi connectivity index (χ3v) is 3.61. The fourth-order valence-electron chi connectivity index (χ4n) is 2.28. The molecule has 1 aliphatic heterocycles. The van der Waals surface area contributed by atoms with E-state index in [0.717, 1.165) is 39.0 Å². The Hall–Kier alpha value is -0.120. The summed E-state index contributed by atoms with van der Waals surface area (Å²) in [4.78, 5) is 2.39. The molecule has 1 saturated heterocycles. The number of unbranched alkanes of at least 4 members (excludes halogenated alkanes) is 1. The lowest BCUT2D eigenvalue weighted by molar-refractivity contribution is 0.0693. The Labute approximate surface area is 100 Å². The van der Waals surface area contributed by atoms with E-state index in [-0.39, 0.29) is 6.10 Å². The number of rotatable bonds is 6. The van der Waals surface area contributed by atoms with Crippen LogP contribution in [0.5, 0.6) is 0 Å². The van der Waals surface area contributed by atoms with Gasteiger partial charge in [0.15, 0.2) is 0 Å². The molecule has 0 aromatic rings. The number of nitrogens with zero attached hydrogens (tertiary/aromatic N) is 1. The molecule has 1 aliphatic rings. The van der Waals surface area contributed by atoms with Crippen molar-refractivity contribution in [3.05, 3.63) is 0 Å². The summed E-state index contributed by atoms with van der Waals surface area (Å²) >= 11 is 0. The summed E-state index contributed by atoms with van der Waals surface area (Å²) in [6, 6.07) is 0. The number of nitrogens with two attached hydrogens (primary N) is 1. The van der Waals surface area contributed by atoms with Crippen molar-refractivity contribution in [1.82, 2.24) is 4.90 Å². The Morgan fingerprint density at radius 2 is 2.12 bits per heavy atom. The second kappa shape index (κ2) is 6.58. The van der Waals surface area contributed by atoms with E-state index in [0.29, 0.717) is 5.41 Å². The molecule has 0 aliphatic carbocycles. The van der Waals surface area contributed by atoms with Crippen LogP contribution in [0.15, 0.2) is 0 Å². The van der Waals surface area contributed by atoms with Crippen LogP contribution >= 0.6 is 0 Å². The molecule has 96 valence electrons. The summed E-state index contributed by atoms with van der Waals surface area (Å²) in [6.07, 6.45) is 5.73. The van der Waals surface area contributed by atoms with Gasteiger partial charge in [-0.25, -0.2) is 0 Å². The molecule has 1 atom stereocenters. The van der Waals surface area contributed by atoms with Crippen LogP contribution < -0.4 is 5.73 Å². The van der Waals surface area contributed by atoms with Crippen LogP contribution in [0.2, 0.25) is 0 Å². The van der Waals surface area contributed by atoms with Crippen LogP contribution in [0.3, 0.4) is 0 Å². The van der Waals surface area contributed by atoms with Crippen LogP contribution in [-0.4, -0.2) is 42.3 Å². The summed E-state index contributed by atoms with van der Waals surface area (Å²) in [5, 5.41) is 9.55. The maximum Gasteiger partial charge on any atom is 0.0667 e. The Morgan fingerprint density at radius 1 is 1.38 bits per heavy atom. The van der Waals surface area contributed by atoms with Crippen molar-refractivity contribution >= 4 is 0 Å². The zero-order valence-electron chi connectivity index (χ0n) is 10.9. The molecule has 0 aromatic heterocycles. The van der Waals surface area contributed by atoms with Gasteiger partial charge in [-0.2, -0.15) is 0 Å². The lowest BCUT2D eigenvalue weighted by Gasteiger charge is -2.30. The zero-order valence-corrected chi connectivity index (χ0v) is 10.9. The first-order chi connectivity index (χ1) is 7.53. The molecular weight excluding hydrogens is 200 g/mol. The summed E-state index contributed by atoms with van der Waals surface area (Å²) in [6.45, 7) is 8.42. The molecule has 0 saturated carbocycles. The molecule has 1 heterocycles. The quantitative estimate of drug-likeness (QED) is 0.679. The summed E-state index contributed by atoms with van der Waals surface area (Å²) in [7, 11) is 0. The summed E-state index contributed by atoms with van der Waals surface area (Å²) in [5.41, 5.74) is 6.00. The number of piperidine rings is 1.